The first-order chi connectivity index (χ1) is 24.8. The molecule has 2 aromatic heterocycles. The molecule has 0 bridgehead atoms. The van der Waals surface area contributed by atoms with Crippen molar-refractivity contribution < 1.29 is 0 Å². The van der Waals surface area contributed by atoms with Crippen LogP contribution in [0.5, 0.6) is 0 Å². The third-order valence-corrected chi connectivity index (χ3v) is 11.2. The standard InChI is InChI=1S/C48H28N2/c1-3-15-37-33(13-1)35(25-27-39(37)49-41-17-5-9-29-21-22-30-10-6-18-42(49)46(30)45(29)41)36-26-28-40(38-16-4-2-14-34(36)38)50-43-19-7-11-31-23-24-32-12-8-20-44(50)48(32)47(31)43/h1-28H. The van der Waals surface area contributed by atoms with E-state index in [0.717, 1.165) is 0 Å². The fraction of sp³-hybridized carbons (Fsp3) is 0. The molecule has 0 saturated heterocycles. The van der Waals surface area contributed by atoms with E-state index in [2.05, 4.69) is 179 Å². The Bertz CT molecular complexity index is 2960. The summed E-state index contributed by atoms with van der Waals surface area (Å²) in [6.45, 7) is 0. The molecule has 2 heteroatoms. The molecule has 2 nitrogen and oxygen atoms in total. The highest BCUT2D eigenvalue weighted by atomic mass is 15.0. The molecular weight excluding hydrogens is 605 g/mol. The van der Waals surface area contributed by atoms with Crippen LogP contribution in [-0.4, -0.2) is 9.13 Å². The highest BCUT2D eigenvalue weighted by Gasteiger charge is 2.21. The molecule has 12 aromatic rings. The molecular formula is C48H28N2. The molecule has 230 valence electrons. The van der Waals surface area contributed by atoms with E-state index in [4.69, 9.17) is 0 Å². The number of nitrogens with zero attached hydrogens (tertiary/aromatic N) is 2. The Morgan fingerprint density at radius 1 is 0.240 bits per heavy atom. The van der Waals surface area contributed by atoms with E-state index >= 15 is 0 Å². The third kappa shape index (κ3) is 3.28. The molecule has 10 aromatic carbocycles. The average Bonchev–Trinajstić information content (AvgIpc) is 3.70. The number of fused-ring (bicyclic) bond motifs is 2. The van der Waals surface area contributed by atoms with Crippen molar-refractivity contribution in [2.24, 2.45) is 0 Å². The Balaban J connectivity index is 1.13. The van der Waals surface area contributed by atoms with E-state index in [1.54, 1.807) is 0 Å². The molecule has 0 aliphatic carbocycles. The first kappa shape index (κ1) is 26.3. The van der Waals surface area contributed by atoms with Crippen molar-refractivity contribution in [2.45, 2.75) is 0 Å². The molecule has 0 N–H and O–H groups in total. The van der Waals surface area contributed by atoms with Gasteiger partial charge in [-0.3, -0.25) is 0 Å². The molecule has 50 heavy (non-hydrogen) atoms. The lowest BCUT2D eigenvalue weighted by molar-refractivity contribution is 1.20. The third-order valence-electron chi connectivity index (χ3n) is 11.2. The summed E-state index contributed by atoms with van der Waals surface area (Å²) < 4.78 is 4.95. The lowest BCUT2D eigenvalue weighted by atomic mass is 9.92. The van der Waals surface area contributed by atoms with Gasteiger partial charge in [-0.2, -0.15) is 0 Å². The van der Waals surface area contributed by atoms with Gasteiger partial charge in [-0.15, -0.1) is 0 Å². The predicted molar refractivity (Wildman–Crippen MR) is 213 cm³/mol. The maximum atomic E-state index is 2.48. The van der Waals surface area contributed by atoms with Gasteiger partial charge in [-0.05, 0) is 79.8 Å². The Morgan fingerprint density at radius 3 is 0.900 bits per heavy atom. The minimum Gasteiger partial charge on any atom is -0.309 e. The SMILES string of the molecule is c1ccc2c(-n3c4cccc5ccc6cccc3c6c54)ccc(-c3ccc(-n4c5cccc6ccc7cccc4c7c65)c4ccccc34)c2c1. The number of hydrogen-bond donors (Lipinski definition) is 0. The largest absolute Gasteiger partial charge is 0.309 e. The zero-order valence-corrected chi connectivity index (χ0v) is 27.1. The van der Waals surface area contributed by atoms with Crippen LogP contribution < -0.4 is 0 Å². The molecule has 0 aliphatic heterocycles. The molecule has 2 heterocycles. The van der Waals surface area contributed by atoms with Crippen LogP contribution in [0.4, 0.5) is 0 Å². The lowest BCUT2D eigenvalue weighted by Crippen LogP contribution is -1.98. The molecule has 0 saturated carbocycles. The van der Waals surface area contributed by atoms with Gasteiger partial charge in [0.05, 0.1) is 33.4 Å². The zero-order chi connectivity index (χ0) is 32.5. The summed E-state index contributed by atoms with van der Waals surface area (Å²) in [6, 6.07) is 63.0. The van der Waals surface area contributed by atoms with Crippen LogP contribution in [0.1, 0.15) is 0 Å². The summed E-state index contributed by atoms with van der Waals surface area (Å²) in [7, 11) is 0. The van der Waals surface area contributed by atoms with E-state index in [1.807, 2.05) is 0 Å². The monoisotopic (exact) mass is 632 g/mol. The van der Waals surface area contributed by atoms with Gasteiger partial charge in [0, 0.05) is 32.3 Å². The van der Waals surface area contributed by atoms with E-state index in [9.17, 15) is 0 Å². The first-order valence-electron chi connectivity index (χ1n) is 17.4. The first-order valence-corrected chi connectivity index (χ1v) is 17.4. The number of aromatic nitrogens is 2. The molecule has 0 unspecified atom stereocenters. The van der Waals surface area contributed by atoms with Gasteiger partial charge in [0.1, 0.15) is 0 Å². The maximum Gasteiger partial charge on any atom is 0.0547 e. The van der Waals surface area contributed by atoms with E-state index in [1.165, 1.54) is 109 Å². The minimum atomic E-state index is 1.21. The Labute approximate surface area is 287 Å². The van der Waals surface area contributed by atoms with Gasteiger partial charge < -0.3 is 9.13 Å². The summed E-state index contributed by atoms with van der Waals surface area (Å²) in [6.07, 6.45) is 0. The Morgan fingerprint density at radius 2 is 0.560 bits per heavy atom. The smallest absolute Gasteiger partial charge is 0.0547 e. The molecule has 0 amide bonds. The Hall–Kier alpha value is -6.64. The van der Waals surface area contributed by atoms with Crippen molar-refractivity contribution in [1.29, 1.82) is 0 Å². The lowest BCUT2D eigenvalue weighted by Gasteiger charge is -2.18. The van der Waals surface area contributed by atoms with Crippen LogP contribution in [0.3, 0.4) is 0 Å². The van der Waals surface area contributed by atoms with Gasteiger partial charge in [0.15, 0.2) is 0 Å². The van der Waals surface area contributed by atoms with Crippen LogP contribution in [0.15, 0.2) is 170 Å². The minimum absolute atomic E-state index is 1.21. The summed E-state index contributed by atoms with van der Waals surface area (Å²) >= 11 is 0. The van der Waals surface area contributed by atoms with Crippen LogP contribution in [0, 0.1) is 0 Å². The second-order valence-corrected chi connectivity index (χ2v) is 13.7. The normalized spacial score (nSPS) is 12.4. The van der Waals surface area contributed by atoms with Crippen LogP contribution in [-0.2, 0) is 0 Å². The summed E-state index contributed by atoms with van der Waals surface area (Å²) in [5.41, 5.74) is 9.90. The van der Waals surface area contributed by atoms with Gasteiger partial charge in [0.25, 0.3) is 0 Å². The highest BCUT2D eigenvalue weighted by molar-refractivity contribution is 6.26. The maximum absolute atomic E-state index is 2.48. The molecule has 0 spiro atoms. The van der Waals surface area contributed by atoms with Crippen molar-refractivity contribution in [3.63, 3.8) is 0 Å². The van der Waals surface area contributed by atoms with Crippen LogP contribution in [0.2, 0.25) is 0 Å². The highest BCUT2D eigenvalue weighted by Crippen LogP contribution is 2.44. The van der Waals surface area contributed by atoms with Crippen molar-refractivity contribution in [3.8, 4) is 22.5 Å². The zero-order valence-electron chi connectivity index (χ0n) is 27.1. The molecule has 0 radical (unpaired) electrons. The topological polar surface area (TPSA) is 9.86 Å². The number of benzene rings is 10. The van der Waals surface area contributed by atoms with E-state index in [-0.39, 0.29) is 0 Å². The predicted octanol–water partition coefficient (Wildman–Crippen LogP) is 13.0. The second-order valence-electron chi connectivity index (χ2n) is 13.7. The summed E-state index contributed by atoms with van der Waals surface area (Å²) in [5.74, 6) is 0. The Kier molecular flexibility index (Phi) is 5.00. The number of hydrogen-bond acceptors (Lipinski definition) is 0. The van der Waals surface area contributed by atoms with E-state index in [0.29, 0.717) is 0 Å². The van der Waals surface area contributed by atoms with Gasteiger partial charge >= 0.3 is 0 Å². The van der Waals surface area contributed by atoms with E-state index < -0.39 is 0 Å². The van der Waals surface area contributed by atoms with Crippen LogP contribution in [0.25, 0.3) is 109 Å². The molecule has 12 rings (SSSR count). The fourth-order valence-corrected chi connectivity index (χ4v) is 9.18. The second kappa shape index (κ2) is 9.49. The fourth-order valence-electron chi connectivity index (χ4n) is 9.18. The van der Waals surface area contributed by atoms with Crippen molar-refractivity contribution in [2.75, 3.05) is 0 Å². The quantitative estimate of drug-likeness (QED) is 0.172. The van der Waals surface area contributed by atoms with Gasteiger partial charge in [-0.25, -0.2) is 0 Å². The summed E-state index contributed by atoms with van der Waals surface area (Å²) in [5, 5.41) is 15.5. The van der Waals surface area contributed by atoms with Gasteiger partial charge in [0.2, 0.25) is 0 Å². The van der Waals surface area contributed by atoms with Gasteiger partial charge in [-0.1, -0.05) is 133 Å². The average molecular weight is 633 g/mol. The summed E-state index contributed by atoms with van der Waals surface area (Å²) in [4.78, 5) is 0. The molecule has 0 atom stereocenters. The van der Waals surface area contributed by atoms with Crippen LogP contribution >= 0.6 is 0 Å². The molecule has 0 aliphatic rings. The molecule has 0 fully saturated rings. The number of rotatable bonds is 3. The van der Waals surface area contributed by atoms with Crippen molar-refractivity contribution in [3.05, 3.63) is 170 Å². The van der Waals surface area contributed by atoms with Crippen molar-refractivity contribution >= 4 is 86.7 Å². The van der Waals surface area contributed by atoms with Crippen molar-refractivity contribution in [1.82, 2.24) is 9.13 Å².